The highest BCUT2D eigenvalue weighted by molar-refractivity contribution is 9.10. The summed E-state index contributed by atoms with van der Waals surface area (Å²) in [5.74, 6) is -2.57. The molecule has 10 nitrogen and oxygen atoms in total. The van der Waals surface area contributed by atoms with Crippen molar-refractivity contribution < 1.29 is 28.8 Å². The molecule has 0 saturated carbocycles. The molecule has 1 fully saturated rings. The van der Waals surface area contributed by atoms with Crippen LogP contribution in [0.3, 0.4) is 0 Å². The van der Waals surface area contributed by atoms with Gasteiger partial charge in [-0.3, -0.25) is 25.0 Å². The van der Waals surface area contributed by atoms with Gasteiger partial charge in [-0.15, -0.1) is 0 Å². The van der Waals surface area contributed by atoms with Gasteiger partial charge < -0.3 is 4.74 Å². The Kier molecular flexibility index (Phi) is 7.08. The Bertz CT molecular complexity index is 1450. The van der Waals surface area contributed by atoms with Crippen molar-refractivity contribution in [3.63, 3.8) is 0 Å². The Hall–Kier alpha value is -4.16. The summed E-state index contributed by atoms with van der Waals surface area (Å²) < 4.78 is 6.74. The first kappa shape index (κ1) is 24.9. The molecule has 1 aliphatic heterocycles. The Morgan fingerprint density at radius 1 is 0.944 bits per heavy atom. The Labute approximate surface area is 219 Å². The minimum Gasteiger partial charge on any atom is -0.422 e. The largest absolute Gasteiger partial charge is 0.422 e. The van der Waals surface area contributed by atoms with E-state index >= 15 is 0 Å². The smallest absolute Gasteiger partial charge is 0.343 e. The lowest BCUT2D eigenvalue weighted by Crippen LogP contribution is -2.54. The topological polar surface area (TPSA) is 136 Å². The fourth-order valence-electron chi connectivity index (χ4n) is 3.24. The first-order chi connectivity index (χ1) is 17.1. The molecule has 4 amide bonds. The van der Waals surface area contributed by atoms with Crippen LogP contribution in [0.4, 0.5) is 16.2 Å². The molecule has 0 spiro atoms. The Morgan fingerprint density at radius 3 is 2.22 bits per heavy atom. The Balaban J connectivity index is 1.67. The van der Waals surface area contributed by atoms with Crippen LogP contribution in [0.2, 0.25) is 0 Å². The number of hydrogen-bond donors (Lipinski definition) is 1. The van der Waals surface area contributed by atoms with E-state index in [1.807, 2.05) is 0 Å². The number of nitrogens with one attached hydrogen (secondary N) is 1. The molecule has 1 aliphatic rings. The molecule has 0 atom stereocenters. The first-order valence-corrected chi connectivity index (χ1v) is 11.7. The number of nitro benzene ring substituents is 1. The zero-order valence-corrected chi connectivity index (χ0v) is 21.1. The second-order valence-corrected chi connectivity index (χ2v) is 9.14. The molecule has 1 N–H and O–H groups in total. The van der Waals surface area contributed by atoms with Gasteiger partial charge in [0.15, 0.2) is 0 Å². The van der Waals surface area contributed by atoms with Crippen molar-refractivity contribution in [2.75, 3.05) is 4.90 Å². The van der Waals surface area contributed by atoms with Gasteiger partial charge in [-0.1, -0.05) is 31.9 Å². The van der Waals surface area contributed by atoms with Crippen LogP contribution >= 0.6 is 31.9 Å². The summed E-state index contributed by atoms with van der Waals surface area (Å²) in [4.78, 5) is 61.8. The zero-order valence-electron chi connectivity index (χ0n) is 17.9. The van der Waals surface area contributed by atoms with Crippen molar-refractivity contribution in [1.29, 1.82) is 0 Å². The van der Waals surface area contributed by atoms with E-state index < -0.39 is 28.7 Å². The standard InChI is InChI=1S/C24H13Br2N3O7/c25-15-3-8-17(9-4-15)28-22(31)19(21(30)27-24(28)33)12-14-11-16(26)5-10-20(14)36-23(32)13-1-6-18(7-2-13)29(34)35/h1-12H,(H,27,30,33)/b19-12-. The van der Waals surface area contributed by atoms with Crippen LogP contribution in [0.5, 0.6) is 5.75 Å². The summed E-state index contributed by atoms with van der Waals surface area (Å²) in [6.45, 7) is 0. The fraction of sp³-hybridized carbons (Fsp3) is 0. The quantitative estimate of drug-likeness (QED) is 0.107. The lowest BCUT2D eigenvalue weighted by molar-refractivity contribution is -0.384. The number of carbonyl (C=O) groups is 4. The van der Waals surface area contributed by atoms with Crippen LogP contribution in [0.25, 0.3) is 6.08 Å². The van der Waals surface area contributed by atoms with Crippen LogP contribution in [-0.4, -0.2) is 28.7 Å². The molecule has 0 aromatic heterocycles. The van der Waals surface area contributed by atoms with Crippen LogP contribution < -0.4 is 15.0 Å². The van der Waals surface area contributed by atoms with E-state index in [9.17, 15) is 29.3 Å². The molecule has 3 aromatic carbocycles. The first-order valence-electron chi connectivity index (χ1n) is 10.1. The summed E-state index contributed by atoms with van der Waals surface area (Å²) in [5.41, 5.74) is -0.0439. The number of halogens is 2. The van der Waals surface area contributed by atoms with Gasteiger partial charge >= 0.3 is 12.0 Å². The molecule has 36 heavy (non-hydrogen) atoms. The van der Waals surface area contributed by atoms with Crippen molar-refractivity contribution in [3.8, 4) is 5.75 Å². The minimum atomic E-state index is -0.911. The molecule has 180 valence electrons. The van der Waals surface area contributed by atoms with Crippen LogP contribution in [0, 0.1) is 10.1 Å². The van der Waals surface area contributed by atoms with Crippen LogP contribution in [0.15, 0.2) is 81.2 Å². The van der Waals surface area contributed by atoms with Crippen LogP contribution in [0.1, 0.15) is 15.9 Å². The number of hydrogen-bond acceptors (Lipinski definition) is 7. The number of ether oxygens (including phenoxy) is 1. The number of anilines is 1. The molecule has 0 bridgehead atoms. The van der Waals surface area contributed by atoms with E-state index in [0.29, 0.717) is 4.47 Å². The van der Waals surface area contributed by atoms with E-state index in [0.717, 1.165) is 9.37 Å². The van der Waals surface area contributed by atoms with Crippen LogP contribution in [-0.2, 0) is 9.59 Å². The molecule has 3 aromatic rings. The monoisotopic (exact) mass is 613 g/mol. The van der Waals surface area contributed by atoms with Crippen molar-refractivity contribution in [3.05, 3.63) is 102 Å². The molecular formula is C24H13Br2N3O7. The third-order valence-corrected chi connectivity index (χ3v) is 6.00. The molecule has 4 rings (SSSR count). The average Bonchev–Trinajstić information content (AvgIpc) is 2.84. The number of benzene rings is 3. The third kappa shape index (κ3) is 5.24. The number of nitrogens with zero attached hydrogens (tertiary/aromatic N) is 2. The van der Waals surface area contributed by atoms with Crippen molar-refractivity contribution in [2.45, 2.75) is 0 Å². The lowest BCUT2D eigenvalue weighted by Gasteiger charge is -2.26. The van der Waals surface area contributed by atoms with Gasteiger partial charge in [-0.2, -0.15) is 0 Å². The molecule has 1 saturated heterocycles. The summed E-state index contributed by atoms with van der Waals surface area (Å²) in [7, 11) is 0. The van der Waals surface area contributed by atoms with Gasteiger partial charge in [0.1, 0.15) is 11.3 Å². The molecule has 0 unspecified atom stereocenters. The number of nitro groups is 1. The summed E-state index contributed by atoms with van der Waals surface area (Å²) in [5, 5.41) is 13.0. The lowest BCUT2D eigenvalue weighted by atomic mass is 10.1. The van der Waals surface area contributed by atoms with E-state index in [4.69, 9.17) is 4.74 Å². The second-order valence-electron chi connectivity index (χ2n) is 7.31. The van der Waals surface area contributed by atoms with Crippen molar-refractivity contribution in [2.24, 2.45) is 0 Å². The predicted octanol–water partition coefficient (Wildman–Crippen LogP) is 5.01. The van der Waals surface area contributed by atoms with Gasteiger partial charge in [0.05, 0.1) is 16.2 Å². The van der Waals surface area contributed by atoms with Gasteiger partial charge in [0, 0.05) is 26.6 Å². The van der Waals surface area contributed by atoms with E-state index in [1.54, 1.807) is 18.2 Å². The maximum atomic E-state index is 13.2. The number of esters is 1. The number of imide groups is 2. The summed E-state index contributed by atoms with van der Waals surface area (Å²) in [6, 6.07) is 14.8. The van der Waals surface area contributed by atoms with E-state index in [1.165, 1.54) is 54.6 Å². The molecular weight excluding hydrogens is 602 g/mol. The van der Waals surface area contributed by atoms with E-state index in [2.05, 4.69) is 37.2 Å². The highest BCUT2D eigenvalue weighted by Gasteiger charge is 2.37. The molecule has 0 aliphatic carbocycles. The van der Waals surface area contributed by atoms with Gasteiger partial charge in [0.2, 0.25) is 0 Å². The second kappa shape index (κ2) is 10.2. The number of carbonyl (C=O) groups excluding carboxylic acids is 4. The number of rotatable bonds is 5. The predicted molar refractivity (Wildman–Crippen MR) is 135 cm³/mol. The molecule has 1 heterocycles. The third-order valence-electron chi connectivity index (χ3n) is 4.97. The highest BCUT2D eigenvalue weighted by Crippen LogP contribution is 2.29. The van der Waals surface area contributed by atoms with Gasteiger partial charge in [-0.05, 0) is 60.7 Å². The number of urea groups is 1. The maximum Gasteiger partial charge on any atom is 0.343 e. The minimum absolute atomic E-state index is 0.0155. The fourth-order valence-corrected chi connectivity index (χ4v) is 3.88. The molecule has 12 heteroatoms. The van der Waals surface area contributed by atoms with Gasteiger partial charge in [-0.25, -0.2) is 14.5 Å². The normalized spacial score (nSPS) is 14.6. The average molecular weight is 615 g/mol. The highest BCUT2D eigenvalue weighted by atomic mass is 79.9. The van der Waals surface area contributed by atoms with E-state index in [-0.39, 0.29) is 33.8 Å². The zero-order chi connectivity index (χ0) is 26.0. The maximum absolute atomic E-state index is 13.2. The number of amides is 4. The number of barbiturate groups is 1. The summed E-state index contributed by atoms with van der Waals surface area (Å²) >= 11 is 6.58. The van der Waals surface area contributed by atoms with Crippen molar-refractivity contribution in [1.82, 2.24) is 5.32 Å². The number of non-ortho nitro benzene ring substituents is 1. The SMILES string of the molecule is O=C1NC(=O)N(c2ccc(Br)cc2)C(=O)/C1=C\c1cc(Br)ccc1OC(=O)c1ccc([N+](=O)[O-])cc1. The molecule has 0 radical (unpaired) electrons. The Morgan fingerprint density at radius 2 is 1.58 bits per heavy atom. The summed E-state index contributed by atoms with van der Waals surface area (Å²) in [6.07, 6.45) is 1.21. The van der Waals surface area contributed by atoms with Crippen molar-refractivity contribution >= 4 is 73.1 Å². The van der Waals surface area contributed by atoms with Gasteiger partial charge in [0.25, 0.3) is 17.5 Å².